The highest BCUT2D eigenvalue weighted by molar-refractivity contribution is 7.51. The summed E-state index contributed by atoms with van der Waals surface area (Å²) >= 11 is 0. The lowest BCUT2D eigenvalue weighted by molar-refractivity contribution is -0.134. The molecule has 0 aromatic heterocycles. The van der Waals surface area contributed by atoms with Crippen LogP contribution in [-0.4, -0.2) is 44.4 Å². The monoisotopic (exact) mass is 227 g/mol. The van der Waals surface area contributed by atoms with Gasteiger partial charge in [0.05, 0.1) is 0 Å². The average Bonchev–Trinajstić information content (AvgIpc) is 1.80. The molecule has 0 saturated carbocycles. The van der Waals surface area contributed by atoms with Gasteiger partial charge >= 0.3 is 13.6 Å². The molecule has 82 valence electrons. The van der Waals surface area contributed by atoms with Crippen LogP contribution in [-0.2, 0) is 14.2 Å². The van der Waals surface area contributed by atoms with Gasteiger partial charge in [0, 0.05) is 6.92 Å². The van der Waals surface area contributed by atoms with Crippen molar-refractivity contribution in [2.75, 3.05) is 6.29 Å². The van der Waals surface area contributed by atoms with Crippen molar-refractivity contribution in [1.29, 1.82) is 0 Å². The number of carbonyl (C=O) groups is 2. The van der Waals surface area contributed by atoms with E-state index in [9.17, 15) is 9.36 Å². The molecule has 9 heteroatoms. The van der Waals surface area contributed by atoms with Crippen molar-refractivity contribution < 1.29 is 34.2 Å². The summed E-state index contributed by atoms with van der Waals surface area (Å²) in [5.74, 6) is -2.16. The highest BCUT2D eigenvalue weighted by Gasteiger charge is 2.09. The molecular weight excluding hydrogens is 217 g/mol. The molecule has 0 rings (SSSR count). The SMILES string of the molecule is CC(=O)O.O=C(O)C=NCP(=O)(O)O. The second kappa shape index (κ2) is 7.19. The van der Waals surface area contributed by atoms with Crippen molar-refractivity contribution in [3.8, 4) is 0 Å². The molecular formula is C5H10NO7P. The van der Waals surface area contributed by atoms with Gasteiger partial charge in [0.2, 0.25) is 0 Å². The highest BCUT2D eigenvalue weighted by Crippen LogP contribution is 2.33. The van der Waals surface area contributed by atoms with E-state index in [1.54, 1.807) is 0 Å². The van der Waals surface area contributed by atoms with Gasteiger partial charge in [0.15, 0.2) is 0 Å². The first-order valence-electron chi connectivity index (χ1n) is 3.12. The first-order chi connectivity index (χ1) is 6.15. The topological polar surface area (TPSA) is 144 Å². The predicted molar refractivity (Wildman–Crippen MR) is 46.3 cm³/mol. The van der Waals surface area contributed by atoms with Crippen molar-refractivity contribution in [3.05, 3.63) is 0 Å². The Balaban J connectivity index is 0. The fraction of sp³-hybridized carbons (Fsp3) is 0.400. The molecule has 0 saturated heterocycles. The van der Waals surface area contributed by atoms with Crippen LogP contribution < -0.4 is 0 Å². The van der Waals surface area contributed by atoms with Crippen LogP contribution in [0.2, 0.25) is 0 Å². The molecule has 4 N–H and O–H groups in total. The molecule has 0 heterocycles. The van der Waals surface area contributed by atoms with E-state index in [1.165, 1.54) is 0 Å². The molecule has 0 unspecified atom stereocenters. The lowest BCUT2D eigenvalue weighted by Crippen LogP contribution is -1.96. The van der Waals surface area contributed by atoms with Gasteiger partial charge in [-0.2, -0.15) is 0 Å². The Bertz CT molecular complexity index is 263. The molecule has 0 aromatic rings. The lowest BCUT2D eigenvalue weighted by atomic mass is 10.8. The van der Waals surface area contributed by atoms with Gasteiger partial charge in [-0.25, -0.2) is 4.79 Å². The zero-order valence-electron chi connectivity index (χ0n) is 7.19. The molecule has 14 heavy (non-hydrogen) atoms. The summed E-state index contributed by atoms with van der Waals surface area (Å²) in [5, 5.41) is 15.3. The Kier molecular flexibility index (Phi) is 7.83. The molecule has 0 bridgehead atoms. The second-order valence-electron chi connectivity index (χ2n) is 1.98. The second-order valence-corrected chi connectivity index (χ2v) is 3.59. The molecule has 0 aliphatic carbocycles. The van der Waals surface area contributed by atoms with Crippen molar-refractivity contribution >= 4 is 25.7 Å². The van der Waals surface area contributed by atoms with Gasteiger partial charge in [-0.15, -0.1) is 0 Å². The first-order valence-corrected chi connectivity index (χ1v) is 4.91. The molecule has 0 aliphatic heterocycles. The van der Waals surface area contributed by atoms with Crippen molar-refractivity contribution in [2.24, 2.45) is 4.99 Å². The lowest BCUT2D eigenvalue weighted by Gasteiger charge is -1.94. The number of hydrogen-bond donors (Lipinski definition) is 4. The van der Waals surface area contributed by atoms with Crippen molar-refractivity contribution in [1.82, 2.24) is 0 Å². The van der Waals surface area contributed by atoms with Crippen LogP contribution in [0, 0.1) is 0 Å². The number of aliphatic carboxylic acids is 2. The maximum absolute atomic E-state index is 10.0. The Labute approximate surface area is 79.1 Å². The predicted octanol–water partition coefficient (Wildman–Crippen LogP) is -0.632. The number of carboxylic acids is 2. The van der Waals surface area contributed by atoms with Crippen LogP contribution in [0.25, 0.3) is 0 Å². The summed E-state index contributed by atoms with van der Waals surface area (Å²) in [5.41, 5.74) is 0. The quantitative estimate of drug-likeness (QED) is 0.371. The van der Waals surface area contributed by atoms with Gasteiger partial charge in [-0.1, -0.05) is 0 Å². The standard InChI is InChI=1S/C3H6NO5P.C2H4O2/c5-3(6)1-4-2-10(7,8)9;1-2(3)4/h1H,2H2,(H,5,6)(H2,7,8,9);1H3,(H,3,4). The first kappa shape index (κ1) is 15.2. The van der Waals surface area contributed by atoms with E-state index in [0.29, 0.717) is 6.21 Å². The largest absolute Gasteiger partial charge is 0.481 e. The fourth-order valence-electron chi connectivity index (χ4n) is 0.225. The van der Waals surface area contributed by atoms with Crippen LogP contribution in [0.4, 0.5) is 0 Å². The zero-order chi connectivity index (χ0) is 11.8. The summed E-state index contributed by atoms with van der Waals surface area (Å²) < 4.78 is 10.0. The van der Waals surface area contributed by atoms with Crippen molar-refractivity contribution in [2.45, 2.75) is 6.92 Å². The van der Waals surface area contributed by atoms with Crippen LogP contribution in [0.1, 0.15) is 6.92 Å². The molecule has 0 amide bonds. The van der Waals surface area contributed by atoms with E-state index in [4.69, 9.17) is 24.8 Å². The number of nitrogens with zero attached hydrogens (tertiary/aromatic N) is 1. The van der Waals surface area contributed by atoms with Gasteiger partial charge in [-0.05, 0) is 0 Å². The summed E-state index contributed by atoms with van der Waals surface area (Å²) in [6, 6.07) is 0. The van der Waals surface area contributed by atoms with Gasteiger partial charge in [0.1, 0.15) is 12.5 Å². The van der Waals surface area contributed by atoms with Gasteiger partial charge in [0.25, 0.3) is 5.97 Å². The van der Waals surface area contributed by atoms with Crippen LogP contribution >= 0.6 is 7.60 Å². The van der Waals surface area contributed by atoms with E-state index in [2.05, 4.69) is 4.99 Å². The number of hydrogen-bond acceptors (Lipinski definition) is 4. The minimum atomic E-state index is -4.18. The summed E-state index contributed by atoms with van der Waals surface area (Å²) in [6.45, 7) is 1.08. The van der Waals surface area contributed by atoms with Gasteiger partial charge in [-0.3, -0.25) is 14.4 Å². The maximum Gasteiger partial charge on any atom is 0.346 e. The van der Waals surface area contributed by atoms with Gasteiger partial charge < -0.3 is 20.0 Å². The number of rotatable bonds is 3. The summed E-state index contributed by atoms with van der Waals surface area (Å²) in [6.07, 6.45) is -0.335. The third-order valence-electron chi connectivity index (χ3n) is 0.468. The van der Waals surface area contributed by atoms with E-state index in [0.717, 1.165) is 6.92 Å². The third kappa shape index (κ3) is 30.9. The Morgan fingerprint density at radius 1 is 1.36 bits per heavy atom. The fourth-order valence-corrected chi connectivity index (χ4v) is 0.520. The van der Waals surface area contributed by atoms with Crippen LogP contribution in [0.15, 0.2) is 4.99 Å². The van der Waals surface area contributed by atoms with Crippen molar-refractivity contribution in [3.63, 3.8) is 0 Å². The molecule has 0 aromatic carbocycles. The number of aliphatic imine (C=N–C) groups is 1. The molecule has 0 fully saturated rings. The third-order valence-corrected chi connectivity index (χ3v) is 0.999. The van der Waals surface area contributed by atoms with E-state index < -0.39 is 25.8 Å². The van der Waals surface area contributed by atoms with E-state index >= 15 is 0 Å². The Morgan fingerprint density at radius 2 is 1.71 bits per heavy atom. The van der Waals surface area contributed by atoms with Crippen LogP contribution in [0.3, 0.4) is 0 Å². The molecule has 0 atom stereocenters. The number of carboxylic acid groups (broad SMARTS) is 2. The highest BCUT2D eigenvalue weighted by atomic mass is 31.2. The summed E-state index contributed by atoms with van der Waals surface area (Å²) in [7, 11) is -4.18. The Hall–Kier alpha value is -1.24. The molecule has 0 aliphatic rings. The molecule has 0 radical (unpaired) electrons. The zero-order valence-corrected chi connectivity index (χ0v) is 8.09. The molecule has 8 nitrogen and oxygen atoms in total. The molecule has 0 spiro atoms. The maximum atomic E-state index is 10.0. The Morgan fingerprint density at radius 3 is 1.93 bits per heavy atom. The minimum absolute atomic E-state index is 0.444. The average molecular weight is 227 g/mol. The van der Waals surface area contributed by atoms with E-state index in [1.807, 2.05) is 0 Å². The smallest absolute Gasteiger partial charge is 0.346 e. The normalized spacial score (nSPS) is 10.5. The van der Waals surface area contributed by atoms with Crippen LogP contribution in [0.5, 0.6) is 0 Å². The summed E-state index contributed by atoms with van der Waals surface area (Å²) in [4.78, 5) is 37.9. The minimum Gasteiger partial charge on any atom is -0.481 e. The van der Waals surface area contributed by atoms with E-state index in [-0.39, 0.29) is 0 Å².